The number of fused-ring (bicyclic) bond motifs is 1. The average Bonchev–Trinajstić information content (AvgIpc) is 2.99. The van der Waals surface area contributed by atoms with E-state index in [-0.39, 0.29) is 21.8 Å². The number of para-hydroxylation sites is 1. The molecule has 0 bridgehead atoms. The molecular formula is C13H8Cl2F3N5O3S. The van der Waals surface area contributed by atoms with Gasteiger partial charge in [-0.2, -0.15) is 36.1 Å². The normalized spacial score (nSPS) is 12.4. The summed E-state index contributed by atoms with van der Waals surface area (Å²) in [7, 11) is -3.54. The first-order valence-corrected chi connectivity index (χ1v) is 9.12. The molecule has 3 aromatic rings. The zero-order valence-electron chi connectivity index (χ0n) is 13.1. The van der Waals surface area contributed by atoms with Crippen LogP contribution in [-0.4, -0.2) is 35.1 Å². The number of alkyl halides is 3. The summed E-state index contributed by atoms with van der Waals surface area (Å²) in [6, 6.07) is 4.14. The summed E-state index contributed by atoms with van der Waals surface area (Å²) in [4.78, 5) is 7.39. The van der Waals surface area contributed by atoms with Crippen LogP contribution < -0.4 is 9.46 Å². The molecule has 0 fully saturated rings. The molecule has 14 heteroatoms. The van der Waals surface area contributed by atoms with Gasteiger partial charge in [0.15, 0.2) is 0 Å². The van der Waals surface area contributed by atoms with Crippen molar-refractivity contribution in [2.75, 3.05) is 11.8 Å². The van der Waals surface area contributed by atoms with E-state index in [0.29, 0.717) is 6.07 Å². The molecule has 0 atom stereocenters. The maximum atomic E-state index is 13.2. The van der Waals surface area contributed by atoms with E-state index in [2.05, 4.69) is 15.1 Å². The fourth-order valence-corrected chi connectivity index (χ4v) is 3.54. The van der Waals surface area contributed by atoms with Gasteiger partial charge >= 0.3 is 6.18 Å². The Hall–Kier alpha value is -2.31. The van der Waals surface area contributed by atoms with Gasteiger partial charge in [-0.15, -0.1) is 5.10 Å². The highest BCUT2D eigenvalue weighted by Gasteiger charge is 2.37. The number of methoxy groups -OCH3 is 1. The number of halogens is 5. The van der Waals surface area contributed by atoms with Crippen LogP contribution >= 0.6 is 23.2 Å². The lowest BCUT2D eigenvalue weighted by atomic mass is 10.1. The van der Waals surface area contributed by atoms with Crippen molar-refractivity contribution in [3.8, 4) is 5.75 Å². The van der Waals surface area contributed by atoms with E-state index in [1.54, 1.807) is 0 Å². The summed E-state index contributed by atoms with van der Waals surface area (Å²) < 4.78 is 72.3. The predicted molar refractivity (Wildman–Crippen MR) is 89.6 cm³/mol. The Labute approximate surface area is 159 Å². The van der Waals surface area contributed by atoms with Gasteiger partial charge in [0.1, 0.15) is 21.7 Å². The molecule has 0 radical (unpaired) electrons. The van der Waals surface area contributed by atoms with Crippen molar-refractivity contribution < 1.29 is 26.3 Å². The van der Waals surface area contributed by atoms with Crippen LogP contribution in [0.5, 0.6) is 5.75 Å². The Balaban J connectivity index is 2.12. The molecule has 1 N–H and O–H groups in total. The molecule has 0 aliphatic carbocycles. The molecule has 1 aromatic carbocycles. The number of rotatable bonds is 4. The minimum atomic E-state index is -4.84. The standard InChI is InChI=1S/C13H8Cl2F3N5O3S/c1-26-7-4-2-3-6(13(16,17)18)10(7)22-27(24,25)12-20-11-19-8(14)5-9(15)23(11)21-12/h2-5,22H,1H3. The highest BCUT2D eigenvalue weighted by atomic mass is 35.5. The minimum absolute atomic E-state index is 0.0686. The number of sulfonamides is 1. The maximum Gasteiger partial charge on any atom is 0.418 e. The average molecular weight is 442 g/mol. The summed E-state index contributed by atoms with van der Waals surface area (Å²) in [6.07, 6.45) is -4.84. The Kier molecular flexibility index (Phi) is 4.82. The number of benzene rings is 1. The molecular weight excluding hydrogens is 434 g/mol. The Morgan fingerprint density at radius 3 is 2.56 bits per heavy atom. The van der Waals surface area contributed by atoms with E-state index in [9.17, 15) is 21.6 Å². The molecule has 0 saturated carbocycles. The number of nitrogens with one attached hydrogen (secondary N) is 1. The van der Waals surface area contributed by atoms with Crippen molar-refractivity contribution in [2.45, 2.75) is 11.3 Å². The lowest BCUT2D eigenvalue weighted by molar-refractivity contribution is -0.137. The van der Waals surface area contributed by atoms with Crippen LogP contribution in [0.1, 0.15) is 5.56 Å². The molecule has 144 valence electrons. The van der Waals surface area contributed by atoms with Crippen LogP contribution in [0.4, 0.5) is 18.9 Å². The second kappa shape index (κ2) is 6.69. The number of aromatic nitrogens is 4. The van der Waals surface area contributed by atoms with Gasteiger partial charge in [0, 0.05) is 6.07 Å². The van der Waals surface area contributed by atoms with Crippen LogP contribution in [-0.2, 0) is 16.2 Å². The molecule has 0 aliphatic heterocycles. The number of hydrogen-bond donors (Lipinski definition) is 1. The summed E-state index contributed by atoms with van der Waals surface area (Å²) in [5.74, 6) is -0.583. The van der Waals surface area contributed by atoms with Crippen molar-refractivity contribution in [2.24, 2.45) is 0 Å². The molecule has 0 aliphatic rings. The van der Waals surface area contributed by atoms with Crippen LogP contribution in [0.2, 0.25) is 10.3 Å². The highest BCUT2D eigenvalue weighted by Crippen LogP contribution is 2.40. The molecule has 27 heavy (non-hydrogen) atoms. The van der Waals surface area contributed by atoms with Crippen LogP contribution in [0.15, 0.2) is 29.4 Å². The molecule has 3 rings (SSSR count). The van der Waals surface area contributed by atoms with Gasteiger partial charge in [-0.1, -0.05) is 29.3 Å². The van der Waals surface area contributed by atoms with Crippen LogP contribution in [0.3, 0.4) is 0 Å². The quantitative estimate of drug-likeness (QED) is 0.623. The summed E-state index contributed by atoms with van der Waals surface area (Å²) in [5, 5.41) is 2.64. The fourth-order valence-electron chi connectivity index (χ4n) is 2.13. The van der Waals surface area contributed by atoms with Crippen molar-refractivity contribution in [3.63, 3.8) is 0 Å². The third-order valence-electron chi connectivity index (χ3n) is 3.25. The first kappa shape index (κ1) is 19.5. The zero-order valence-corrected chi connectivity index (χ0v) is 15.4. The lowest BCUT2D eigenvalue weighted by Gasteiger charge is -2.16. The van der Waals surface area contributed by atoms with E-state index in [1.807, 2.05) is 4.72 Å². The smallest absolute Gasteiger partial charge is 0.418 e. The summed E-state index contributed by atoms with van der Waals surface area (Å²) in [5.41, 5.74) is -2.04. The van der Waals surface area contributed by atoms with Gasteiger partial charge in [0.05, 0.1) is 12.7 Å². The van der Waals surface area contributed by atoms with Crippen molar-refractivity contribution >= 4 is 44.7 Å². The lowest BCUT2D eigenvalue weighted by Crippen LogP contribution is -2.19. The summed E-state index contributed by atoms with van der Waals surface area (Å²) in [6.45, 7) is 0. The Morgan fingerprint density at radius 2 is 1.93 bits per heavy atom. The van der Waals surface area contributed by atoms with E-state index in [0.717, 1.165) is 17.7 Å². The van der Waals surface area contributed by atoms with Crippen molar-refractivity contribution in [1.29, 1.82) is 0 Å². The highest BCUT2D eigenvalue weighted by molar-refractivity contribution is 7.92. The zero-order chi connectivity index (χ0) is 20.0. The summed E-state index contributed by atoms with van der Waals surface area (Å²) >= 11 is 11.6. The minimum Gasteiger partial charge on any atom is -0.495 e. The number of hydrogen-bond acceptors (Lipinski definition) is 6. The molecule has 0 amide bonds. The first-order valence-electron chi connectivity index (χ1n) is 6.89. The van der Waals surface area contributed by atoms with E-state index in [4.69, 9.17) is 27.9 Å². The maximum absolute atomic E-state index is 13.2. The number of anilines is 1. The van der Waals surface area contributed by atoms with Crippen LogP contribution in [0.25, 0.3) is 5.78 Å². The van der Waals surface area contributed by atoms with Gasteiger partial charge in [-0.25, -0.2) is 0 Å². The second-order valence-corrected chi connectivity index (χ2v) is 7.34. The van der Waals surface area contributed by atoms with E-state index < -0.39 is 32.6 Å². The SMILES string of the molecule is COc1cccc(C(F)(F)F)c1NS(=O)(=O)c1nc2nc(Cl)cc(Cl)n2n1. The van der Waals surface area contributed by atoms with E-state index >= 15 is 0 Å². The molecule has 2 aromatic heterocycles. The van der Waals surface area contributed by atoms with Gasteiger partial charge in [-0.05, 0) is 12.1 Å². The molecule has 8 nitrogen and oxygen atoms in total. The molecule has 2 heterocycles. The van der Waals surface area contributed by atoms with Gasteiger partial charge in [0.25, 0.3) is 21.0 Å². The molecule has 0 unspecified atom stereocenters. The van der Waals surface area contributed by atoms with Gasteiger partial charge in [0.2, 0.25) is 0 Å². The number of ether oxygens (including phenoxy) is 1. The number of nitrogens with zero attached hydrogens (tertiary/aromatic N) is 4. The fraction of sp³-hybridized carbons (Fsp3) is 0.154. The third kappa shape index (κ3) is 3.73. The third-order valence-corrected chi connectivity index (χ3v) is 4.84. The Morgan fingerprint density at radius 1 is 1.22 bits per heavy atom. The van der Waals surface area contributed by atoms with E-state index in [1.165, 1.54) is 12.1 Å². The predicted octanol–water partition coefficient (Wildman–Crippen LogP) is 3.26. The monoisotopic (exact) mass is 441 g/mol. The van der Waals surface area contributed by atoms with Crippen molar-refractivity contribution in [3.05, 3.63) is 40.1 Å². The van der Waals surface area contributed by atoms with Crippen LogP contribution in [0, 0.1) is 0 Å². The first-order chi connectivity index (χ1) is 12.5. The second-order valence-electron chi connectivity index (χ2n) is 4.99. The molecule has 0 spiro atoms. The van der Waals surface area contributed by atoms with Gasteiger partial charge in [-0.3, -0.25) is 4.72 Å². The largest absolute Gasteiger partial charge is 0.495 e. The Bertz CT molecular complexity index is 1130. The molecule has 0 saturated heterocycles. The topological polar surface area (TPSA) is 98.5 Å². The van der Waals surface area contributed by atoms with Crippen molar-refractivity contribution in [1.82, 2.24) is 19.6 Å². The van der Waals surface area contributed by atoms with Gasteiger partial charge < -0.3 is 4.74 Å².